The van der Waals surface area contributed by atoms with Gasteiger partial charge in [0.2, 0.25) is 0 Å². The third kappa shape index (κ3) is 7.73. The molecule has 3 N–H and O–H groups in total. The molecular weight excluding hydrogens is 584 g/mol. The average molecular weight is 633 g/mol. The predicted molar refractivity (Wildman–Crippen MR) is 179 cm³/mol. The number of nitrogens with one attached hydrogen (secondary N) is 2. The third-order valence-corrected chi connectivity index (χ3v) is 11.0. The highest BCUT2D eigenvalue weighted by Gasteiger charge is 2.30. The topological polar surface area (TPSA) is 111 Å². The van der Waals surface area contributed by atoms with Gasteiger partial charge in [-0.1, -0.05) is 44.2 Å². The highest BCUT2D eigenvalue weighted by Crippen LogP contribution is 2.38. The number of carbonyl (C=O) groups excluding carboxylic acids is 2. The minimum absolute atomic E-state index is 0.0813. The average Bonchev–Trinajstić information content (AvgIpc) is 3.63. The maximum Gasteiger partial charge on any atom is 0.280 e. The van der Waals surface area contributed by atoms with Crippen LogP contribution < -0.4 is 10.6 Å². The quantitative estimate of drug-likeness (QED) is 0.333. The Hall–Kier alpha value is -2.92. The van der Waals surface area contributed by atoms with Crippen molar-refractivity contribution in [3.05, 3.63) is 57.7 Å². The van der Waals surface area contributed by atoms with Gasteiger partial charge in [-0.2, -0.15) is 0 Å². The summed E-state index contributed by atoms with van der Waals surface area (Å²) in [6, 6.07) is 9.65. The lowest BCUT2D eigenvalue weighted by Crippen LogP contribution is -2.38. The van der Waals surface area contributed by atoms with E-state index >= 15 is 0 Å². The Morgan fingerprint density at radius 2 is 1.87 bits per heavy atom. The molecule has 4 heterocycles. The number of piperidine rings is 1. The largest absolute Gasteiger partial charge is 0.393 e. The van der Waals surface area contributed by atoms with Crippen LogP contribution in [0.5, 0.6) is 0 Å². The van der Waals surface area contributed by atoms with E-state index in [2.05, 4.69) is 54.3 Å². The number of aryl methyl sites for hydroxylation is 1. The number of hydrogen-bond donors (Lipinski definition) is 3. The van der Waals surface area contributed by atoms with Crippen LogP contribution in [0.4, 0.5) is 0 Å². The first-order valence-electron chi connectivity index (χ1n) is 16.6. The second-order valence-electron chi connectivity index (χ2n) is 14.5. The van der Waals surface area contributed by atoms with Crippen LogP contribution in [0.1, 0.15) is 95.9 Å². The zero-order valence-corrected chi connectivity index (χ0v) is 28.0. The second-order valence-corrected chi connectivity index (χ2v) is 15.5. The summed E-state index contributed by atoms with van der Waals surface area (Å²) in [5, 5.41) is 16.8. The van der Waals surface area contributed by atoms with Crippen molar-refractivity contribution < 1.29 is 14.7 Å². The van der Waals surface area contributed by atoms with Gasteiger partial charge in [-0.05, 0) is 99.2 Å². The molecule has 2 saturated heterocycles. The van der Waals surface area contributed by atoms with Crippen LogP contribution in [0.2, 0.25) is 0 Å². The summed E-state index contributed by atoms with van der Waals surface area (Å²) >= 11 is 1.35. The summed E-state index contributed by atoms with van der Waals surface area (Å²) < 4.78 is 0. The highest BCUT2D eigenvalue weighted by molar-refractivity contribution is 7.19. The van der Waals surface area contributed by atoms with Gasteiger partial charge in [-0.3, -0.25) is 9.59 Å². The number of pyridine rings is 1. The standard InChI is InChI=1S/C35H48N6O3S/c1-35(2,3)25-8-9-28-24(19-25)20-30-33(38-28)45-34(39-30)32(44)37-29(13-17-41-15-11-27(42)12-16-41)22-6-5-7-23(18-22)31(43)36-26-10-14-40(4)21-26/h5-7,18,20,25-27,29,42H,8-17,19,21H2,1-4H3,(H,36,43)(H,37,44)/t25-,26-,29?/m0/s1. The lowest BCUT2D eigenvalue weighted by atomic mass is 9.71. The minimum Gasteiger partial charge on any atom is -0.393 e. The summed E-state index contributed by atoms with van der Waals surface area (Å²) in [7, 11) is 2.07. The van der Waals surface area contributed by atoms with E-state index in [1.807, 2.05) is 24.3 Å². The molecule has 6 rings (SSSR count). The van der Waals surface area contributed by atoms with Crippen molar-refractivity contribution in [2.45, 2.75) is 83.9 Å². The smallest absolute Gasteiger partial charge is 0.280 e. The van der Waals surface area contributed by atoms with Crippen LogP contribution in [0, 0.1) is 11.3 Å². The van der Waals surface area contributed by atoms with E-state index in [4.69, 9.17) is 9.97 Å². The van der Waals surface area contributed by atoms with E-state index in [1.165, 1.54) is 16.9 Å². The van der Waals surface area contributed by atoms with Crippen molar-refractivity contribution in [1.29, 1.82) is 0 Å². The number of rotatable bonds is 8. The van der Waals surface area contributed by atoms with Crippen molar-refractivity contribution in [2.24, 2.45) is 11.3 Å². The van der Waals surface area contributed by atoms with Crippen LogP contribution >= 0.6 is 11.3 Å². The van der Waals surface area contributed by atoms with E-state index in [9.17, 15) is 14.7 Å². The molecular formula is C35H48N6O3S. The van der Waals surface area contributed by atoms with E-state index in [1.54, 1.807) is 0 Å². The first-order valence-corrected chi connectivity index (χ1v) is 17.4. The molecule has 10 heteroatoms. The number of thiazole rings is 1. The van der Waals surface area contributed by atoms with Crippen LogP contribution in [-0.2, 0) is 12.8 Å². The third-order valence-electron chi connectivity index (χ3n) is 10.0. The number of hydrogen-bond acceptors (Lipinski definition) is 8. The molecule has 0 radical (unpaired) electrons. The molecule has 1 aromatic carbocycles. The molecule has 0 saturated carbocycles. The van der Waals surface area contributed by atoms with E-state index < -0.39 is 0 Å². The van der Waals surface area contributed by atoms with E-state index in [-0.39, 0.29) is 35.4 Å². The van der Waals surface area contributed by atoms with Gasteiger partial charge >= 0.3 is 0 Å². The number of carbonyl (C=O) groups is 2. The van der Waals surface area contributed by atoms with Crippen LogP contribution in [0.3, 0.4) is 0 Å². The van der Waals surface area contributed by atoms with Crippen LogP contribution in [-0.4, -0.2) is 88.6 Å². The number of aliphatic hydroxyl groups is 1. The van der Waals surface area contributed by atoms with Gasteiger partial charge in [0.15, 0.2) is 5.01 Å². The fourth-order valence-electron chi connectivity index (χ4n) is 7.06. The summed E-state index contributed by atoms with van der Waals surface area (Å²) in [5.74, 6) is 0.306. The van der Waals surface area contributed by atoms with Crippen molar-refractivity contribution in [3.63, 3.8) is 0 Å². The number of fused-ring (bicyclic) bond motifs is 2. The molecule has 2 aromatic heterocycles. The Kier molecular flexibility index (Phi) is 9.57. The van der Waals surface area contributed by atoms with Crippen LogP contribution in [0.15, 0.2) is 30.3 Å². The highest BCUT2D eigenvalue weighted by atomic mass is 32.1. The molecule has 3 atom stereocenters. The minimum atomic E-state index is -0.296. The van der Waals surface area contributed by atoms with Gasteiger partial charge in [-0.25, -0.2) is 9.97 Å². The molecule has 1 aliphatic carbocycles. The zero-order valence-electron chi connectivity index (χ0n) is 27.1. The number of likely N-dealkylation sites (N-methyl/N-ethyl adjacent to an activating group) is 1. The molecule has 9 nitrogen and oxygen atoms in total. The number of aliphatic hydroxyl groups excluding tert-OH is 1. The first-order chi connectivity index (χ1) is 21.5. The molecule has 0 spiro atoms. The monoisotopic (exact) mass is 632 g/mol. The van der Waals surface area contributed by atoms with E-state index in [0.717, 1.165) is 92.9 Å². The maximum atomic E-state index is 13.8. The normalized spacial score (nSPS) is 22.3. The molecule has 2 aliphatic heterocycles. The van der Waals surface area contributed by atoms with Gasteiger partial charge in [0.05, 0.1) is 12.1 Å². The fraction of sp³-hybridized carbons (Fsp3) is 0.600. The fourth-order valence-corrected chi connectivity index (χ4v) is 7.91. The first kappa shape index (κ1) is 32.0. The SMILES string of the molecule is CN1CC[C@H](NC(=O)c2cccc(C(CCN3CCC(O)CC3)NC(=O)c3nc4cc5c(nc4s3)CC[C@H](C(C)(C)C)C5)c2)C1. The second kappa shape index (κ2) is 13.4. The Bertz CT molecular complexity index is 1530. The lowest BCUT2D eigenvalue weighted by molar-refractivity contribution is 0.0795. The van der Waals surface area contributed by atoms with Crippen molar-refractivity contribution in [2.75, 3.05) is 39.8 Å². The van der Waals surface area contributed by atoms with E-state index in [0.29, 0.717) is 22.9 Å². The Balaban J connectivity index is 1.20. The molecule has 1 unspecified atom stereocenters. The number of aromatic nitrogens is 2. The maximum absolute atomic E-state index is 13.8. The van der Waals surface area contributed by atoms with Gasteiger partial charge < -0.3 is 25.5 Å². The summed E-state index contributed by atoms with van der Waals surface area (Å²) in [6.07, 6.45) is 6.03. The molecule has 242 valence electrons. The molecule has 3 aliphatic rings. The number of likely N-dealkylation sites (tertiary alicyclic amines) is 2. The van der Waals surface area contributed by atoms with Gasteiger partial charge in [0, 0.05) is 43.5 Å². The summed E-state index contributed by atoms with van der Waals surface area (Å²) in [6.45, 7) is 11.2. The van der Waals surface area contributed by atoms with Crippen LogP contribution in [0.25, 0.3) is 10.3 Å². The number of benzene rings is 1. The molecule has 3 aromatic rings. The van der Waals surface area contributed by atoms with Crippen molar-refractivity contribution in [1.82, 2.24) is 30.4 Å². The Morgan fingerprint density at radius 3 is 2.60 bits per heavy atom. The number of nitrogens with zero attached hydrogens (tertiary/aromatic N) is 4. The van der Waals surface area contributed by atoms with Gasteiger partial charge in [0.25, 0.3) is 11.8 Å². The summed E-state index contributed by atoms with van der Waals surface area (Å²) in [4.78, 5) is 42.0. The van der Waals surface area contributed by atoms with Gasteiger partial charge in [0.1, 0.15) is 10.3 Å². The molecule has 0 bridgehead atoms. The Morgan fingerprint density at radius 1 is 1.07 bits per heavy atom. The molecule has 2 amide bonds. The van der Waals surface area contributed by atoms with Crippen molar-refractivity contribution in [3.8, 4) is 0 Å². The van der Waals surface area contributed by atoms with Crippen molar-refractivity contribution >= 4 is 33.5 Å². The zero-order chi connectivity index (χ0) is 31.7. The summed E-state index contributed by atoms with van der Waals surface area (Å²) in [5.41, 5.74) is 4.94. The number of amides is 2. The van der Waals surface area contributed by atoms with Gasteiger partial charge in [-0.15, -0.1) is 0 Å². The molecule has 45 heavy (non-hydrogen) atoms. The lowest BCUT2D eigenvalue weighted by Gasteiger charge is -2.34. The predicted octanol–water partition coefficient (Wildman–Crippen LogP) is 4.59. The Labute approximate surface area is 270 Å². The molecule has 2 fully saturated rings.